The van der Waals surface area contributed by atoms with E-state index >= 15 is 0 Å². The fourth-order valence-electron chi connectivity index (χ4n) is 5.41. The van der Waals surface area contributed by atoms with Gasteiger partial charge in [0.15, 0.2) is 0 Å². The molecule has 0 bridgehead atoms. The van der Waals surface area contributed by atoms with Crippen molar-refractivity contribution in [2.75, 3.05) is 0 Å². The van der Waals surface area contributed by atoms with Gasteiger partial charge in [-0.1, -0.05) is 103 Å². The second-order valence-electron chi connectivity index (χ2n) is 10.8. The van der Waals surface area contributed by atoms with E-state index in [4.69, 9.17) is 9.98 Å². The smallest absolute Gasteiger partial charge is 0.0639 e. The number of aliphatic imine (C=N–C) groups is 2. The highest BCUT2D eigenvalue weighted by atomic mass is 14.8. The highest BCUT2D eigenvalue weighted by Gasteiger charge is 2.12. The van der Waals surface area contributed by atoms with E-state index in [2.05, 4.69) is 95.3 Å². The first-order valence-electron chi connectivity index (χ1n) is 15.5. The van der Waals surface area contributed by atoms with Gasteiger partial charge in [-0.25, -0.2) is 0 Å². The number of aryl methyl sites for hydroxylation is 3. The fourth-order valence-corrected chi connectivity index (χ4v) is 5.41. The van der Waals surface area contributed by atoms with E-state index in [0.29, 0.717) is 0 Å². The molecule has 0 unspecified atom stereocenters. The maximum atomic E-state index is 4.92. The van der Waals surface area contributed by atoms with Crippen LogP contribution in [0.25, 0.3) is 11.1 Å². The number of hydrogen-bond acceptors (Lipinski definition) is 2. The molecule has 0 spiro atoms. The van der Waals surface area contributed by atoms with Gasteiger partial charge in [0.2, 0.25) is 0 Å². The molecule has 0 heterocycles. The molecule has 0 saturated heterocycles. The molecule has 0 aliphatic heterocycles. The lowest BCUT2D eigenvalue weighted by atomic mass is 9.90. The molecule has 0 aliphatic rings. The molecule has 3 aromatic rings. The Morgan fingerprint density at radius 3 is 1.97 bits per heavy atom. The predicted molar refractivity (Wildman–Crippen MR) is 174 cm³/mol. The Morgan fingerprint density at radius 2 is 1.31 bits per heavy atom. The average molecular weight is 523 g/mol. The van der Waals surface area contributed by atoms with Crippen LogP contribution in [-0.2, 0) is 25.7 Å². The Kier molecular flexibility index (Phi) is 13.2. The minimum atomic E-state index is 0.930. The molecule has 0 fully saturated rings. The van der Waals surface area contributed by atoms with Crippen LogP contribution >= 0.6 is 0 Å². The third kappa shape index (κ3) is 9.60. The summed E-state index contributed by atoms with van der Waals surface area (Å²) in [6.07, 6.45) is 16.6. The van der Waals surface area contributed by atoms with Crippen LogP contribution in [0.5, 0.6) is 0 Å². The molecular weight excluding hydrogens is 472 g/mol. The van der Waals surface area contributed by atoms with Crippen LogP contribution in [0.3, 0.4) is 0 Å². The van der Waals surface area contributed by atoms with Crippen LogP contribution in [0, 0.1) is 0 Å². The largest absolute Gasteiger partial charge is 0.255 e. The van der Waals surface area contributed by atoms with Gasteiger partial charge in [0.05, 0.1) is 17.1 Å². The topological polar surface area (TPSA) is 24.7 Å². The molecule has 3 aromatic carbocycles. The molecular formula is C37H50N2. The van der Waals surface area contributed by atoms with E-state index < -0.39 is 0 Å². The Labute approximate surface area is 238 Å². The number of hydrogen-bond donors (Lipinski definition) is 0. The predicted octanol–water partition coefficient (Wildman–Crippen LogP) is 11.2. The molecule has 0 saturated carbocycles. The van der Waals surface area contributed by atoms with Crippen LogP contribution in [0.4, 0.5) is 11.4 Å². The van der Waals surface area contributed by atoms with Gasteiger partial charge in [0.1, 0.15) is 0 Å². The maximum Gasteiger partial charge on any atom is 0.0639 e. The zero-order chi connectivity index (χ0) is 27.9. The SMILES string of the molecule is CCCCCCc1cc(N=C(C)C=Nc2cc(CC)c(CCCCCC)c(-c3ccccc3)c2)ccc1CC. The summed E-state index contributed by atoms with van der Waals surface area (Å²) in [5, 5.41) is 0. The molecule has 0 amide bonds. The summed E-state index contributed by atoms with van der Waals surface area (Å²) in [7, 11) is 0. The molecule has 0 aromatic heterocycles. The summed E-state index contributed by atoms with van der Waals surface area (Å²) in [6, 6.07) is 22.1. The minimum absolute atomic E-state index is 0.930. The molecule has 0 atom stereocenters. The van der Waals surface area contributed by atoms with E-state index in [-0.39, 0.29) is 0 Å². The van der Waals surface area contributed by atoms with Gasteiger partial charge in [-0.2, -0.15) is 0 Å². The van der Waals surface area contributed by atoms with Crippen molar-refractivity contribution in [3.8, 4) is 11.1 Å². The highest BCUT2D eigenvalue weighted by molar-refractivity contribution is 6.30. The first-order valence-corrected chi connectivity index (χ1v) is 15.5. The molecule has 3 rings (SSSR count). The standard InChI is InChI=1S/C37H50N2/c1-6-10-12-15-21-33-26-34(24-23-30(33)8-3)39-29(5)28-38-35-25-31(9-4)36(22-18-13-11-7-2)37(27-35)32-19-16-14-17-20-32/h14,16-17,19-20,23-28H,6-13,15,18,21-22H2,1-5H3. The van der Waals surface area contributed by atoms with E-state index in [1.54, 1.807) is 0 Å². The molecule has 0 aliphatic carbocycles. The van der Waals surface area contributed by atoms with Crippen LogP contribution in [0.1, 0.15) is 108 Å². The Bertz CT molecular complexity index is 1200. The summed E-state index contributed by atoms with van der Waals surface area (Å²) in [4.78, 5) is 9.84. The number of benzene rings is 3. The maximum absolute atomic E-state index is 4.92. The van der Waals surface area contributed by atoms with Crippen molar-refractivity contribution in [1.82, 2.24) is 0 Å². The monoisotopic (exact) mass is 522 g/mol. The lowest BCUT2D eigenvalue weighted by Gasteiger charge is -2.16. The zero-order valence-electron chi connectivity index (χ0n) is 25.2. The lowest BCUT2D eigenvalue weighted by molar-refractivity contribution is 0.665. The molecule has 39 heavy (non-hydrogen) atoms. The van der Waals surface area contributed by atoms with Gasteiger partial charge >= 0.3 is 0 Å². The van der Waals surface area contributed by atoms with Crippen LogP contribution < -0.4 is 0 Å². The number of unbranched alkanes of at least 4 members (excludes halogenated alkanes) is 6. The van der Waals surface area contributed by atoms with Gasteiger partial charge in [-0.15, -0.1) is 0 Å². The summed E-state index contributed by atoms with van der Waals surface area (Å²) in [5.41, 5.74) is 11.4. The number of nitrogens with zero attached hydrogens (tertiary/aromatic N) is 2. The first-order chi connectivity index (χ1) is 19.1. The summed E-state index contributed by atoms with van der Waals surface area (Å²) in [5.74, 6) is 0. The van der Waals surface area contributed by atoms with Crippen molar-refractivity contribution in [1.29, 1.82) is 0 Å². The van der Waals surface area contributed by atoms with Gasteiger partial charge in [0.25, 0.3) is 0 Å². The summed E-state index contributed by atoms with van der Waals surface area (Å²) >= 11 is 0. The van der Waals surface area contributed by atoms with Crippen molar-refractivity contribution in [2.45, 2.75) is 112 Å². The Balaban J connectivity index is 1.85. The molecule has 2 nitrogen and oxygen atoms in total. The van der Waals surface area contributed by atoms with Crippen molar-refractivity contribution < 1.29 is 0 Å². The van der Waals surface area contributed by atoms with Gasteiger partial charge in [-0.3, -0.25) is 9.98 Å². The Morgan fingerprint density at radius 1 is 0.641 bits per heavy atom. The molecule has 0 N–H and O–H groups in total. The number of rotatable bonds is 16. The second-order valence-corrected chi connectivity index (χ2v) is 10.8. The highest BCUT2D eigenvalue weighted by Crippen LogP contribution is 2.33. The average Bonchev–Trinajstić information content (AvgIpc) is 2.97. The molecule has 208 valence electrons. The molecule has 0 radical (unpaired) electrons. The van der Waals surface area contributed by atoms with Crippen LogP contribution in [0.15, 0.2) is 70.6 Å². The van der Waals surface area contributed by atoms with Gasteiger partial charge in [-0.05, 0) is 103 Å². The zero-order valence-corrected chi connectivity index (χ0v) is 25.2. The third-order valence-corrected chi connectivity index (χ3v) is 7.65. The van der Waals surface area contributed by atoms with Crippen molar-refractivity contribution in [3.63, 3.8) is 0 Å². The van der Waals surface area contributed by atoms with Crippen molar-refractivity contribution in [2.24, 2.45) is 9.98 Å². The van der Waals surface area contributed by atoms with Gasteiger partial charge in [0, 0.05) is 6.21 Å². The van der Waals surface area contributed by atoms with Crippen molar-refractivity contribution in [3.05, 3.63) is 82.9 Å². The third-order valence-electron chi connectivity index (χ3n) is 7.65. The van der Waals surface area contributed by atoms with Gasteiger partial charge < -0.3 is 0 Å². The van der Waals surface area contributed by atoms with E-state index in [0.717, 1.165) is 42.8 Å². The summed E-state index contributed by atoms with van der Waals surface area (Å²) in [6.45, 7) is 11.1. The Hall–Kier alpha value is -3.00. The second kappa shape index (κ2) is 16.9. The van der Waals surface area contributed by atoms with E-state index in [1.807, 2.05) is 6.21 Å². The van der Waals surface area contributed by atoms with E-state index in [9.17, 15) is 0 Å². The lowest BCUT2D eigenvalue weighted by Crippen LogP contribution is -1.98. The van der Waals surface area contributed by atoms with Crippen LogP contribution in [0.2, 0.25) is 0 Å². The molecule has 2 heteroatoms. The quantitative estimate of drug-likeness (QED) is 0.132. The normalized spacial score (nSPS) is 12.0. The van der Waals surface area contributed by atoms with Crippen LogP contribution in [-0.4, -0.2) is 11.9 Å². The van der Waals surface area contributed by atoms with E-state index in [1.165, 1.54) is 84.7 Å². The van der Waals surface area contributed by atoms with Crippen molar-refractivity contribution >= 4 is 23.3 Å². The summed E-state index contributed by atoms with van der Waals surface area (Å²) < 4.78 is 0. The fraction of sp³-hybridized carbons (Fsp3) is 0.459. The first kappa shape index (κ1) is 30.5. The minimum Gasteiger partial charge on any atom is -0.255 e.